The maximum Gasteiger partial charge on any atom is 0.141 e. The summed E-state index contributed by atoms with van der Waals surface area (Å²) in [4.78, 5) is 2.18. The van der Waals surface area contributed by atoms with Gasteiger partial charge in [-0.15, -0.1) is 0 Å². The Kier molecular flexibility index (Phi) is 6.62. The molecule has 19 heavy (non-hydrogen) atoms. The molecule has 0 aliphatic rings. The number of ether oxygens (including phenoxy) is 2. The molecule has 108 valence electrons. The first-order chi connectivity index (χ1) is 9.04. The molecule has 0 fully saturated rings. The highest BCUT2D eigenvalue weighted by molar-refractivity contribution is 9.10. The Labute approximate surface area is 124 Å². The summed E-state index contributed by atoms with van der Waals surface area (Å²) < 4.78 is 11.7. The van der Waals surface area contributed by atoms with Gasteiger partial charge in [0.15, 0.2) is 0 Å². The van der Waals surface area contributed by atoms with Crippen molar-refractivity contribution in [1.82, 2.24) is 10.2 Å². The minimum Gasteiger partial charge on any atom is -0.495 e. The number of benzene rings is 1. The van der Waals surface area contributed by atoms with Crippen LogP contribution in [0.3, 0.4) is 0 Å². The molecule has 0 saturated heterocycles. The third kappa shape index (κ3) is 4.09. The smallest absolute Gasteiger partial charge is 0.141 e. The molecule has 0 spiro atoms. The molecule has 1 rings (SSSR count). The molecule has 0 heterocycles. The summed E-state index contributed by atoms with van der Waals surface area (Å²) in [5.74, 6) is 1.61. The van der Waals surface area contributed by atoms with Gasteiger partial charge < -0.3 is 19.7 Å². The SMILES string of the molecule is CNC(CCN(C)C)c1ccc(OC)c(Br)c1OC. The molecule has 1 N–H and O–H groups in total. The average molecular weight is 331 g/mol. The van der Waals surface area contributed by atoms with Crippen LogP contribution in [0, 0.1) is 0 Å². The van der Waals surface area contributed by atoms with Crippen molar-refractivity contribution >= 4 is 15.9 Å². The Morgan fingerprint density at radius 3 is 2.42 bits per heavy atom. The van der Waals surface area contributed by atoms with Crippen molar-refractivity contribution in [3.8, 4) is 11.5 Å². The van der Waals surface area contributed by atoms with Gasteiger partial charge in [-0.2, -0.15) is 0 Å². The zero-order chi connectivity index (χ0) is 14.4. The second kappa shape index (κ2) is 7.72. The van der Waals surface area contributed by atoms with E-state index in [1.165, 1.54) is 0 Å². The number of hydrogen-bond acceptors (Lipinski definition) is 4. The van der Waals surface area contributed by atoms with E-state index in [0.717, 1.165) is 34.5 Å². The topological polar surface area (TPSA) is 33.7 Å². The van der Waals surface area contributed by atoms with E-state index in [-0.39, 0.29) is 6.04 Å². The van der Waals surface area contributed by atoms with Crippen LogP contribution >= 0.6 is 15.9 Å². The fourth-order valence-corrected chi connectivity index (χ4v) is 2.72. The Morgan fingerprint density at radius 1 is 1.26 bits per heavy atom. The van der Waals surface area contributed by atoms with Crippen molar-refractivity contribution in [3.05, 3.63) is 22.2 Å². The highest BCUT2D eigenvalue weighted by Crippen LogP contribution is 2.40. The van der Waals surface area contributed by atoms with Crippen LogP contribution in [0.4, 0.5) is 0 Å². The molecule has 1 aromatic rings. The Balaban J connectivity index is 3.06. The summed E-state index contributed by atoms with van der Waals surface area (Å²) in [7, 11) is 9.46. The lowest BCUT2D eigenvalue weighted by Gasteiger charge is -2.22. The van der Waals surface area contributed by atoms with E-state index in [0.29, 0.717) is 0 Å². The summed E-state index contributed by atoms with van der Waals surface area (Å²) in [6, 6.07) is 4.26. The van der Waals surface area contributed by atoms with Crippen LogP contribution in [0.15, 0.2) is 16.6 Å². The standard InChI is InChI=1S/C14H23BrN2O2/c1-16-11(8-9-17(2)3)10-6-7-12(18-4)13(15)14(10)19-5/h6-7,11,16H,8-9H2,1-5H3. The molecule has 0 amide bonds. The zero-order valence-corrected chi connectivity index (χ0v) is 13.9. The van der Waals surface area contributed by atoms with Gasteiger partial charge in [0.05, 0.1) is 14.2 Å². The number of rotatable bonds is 7. The van der Waals surface area contributed by atoms with Crippen LogP contribution in [0.5, 0.6) is 11.5 Å². The number of halogens is 1. The molecular formula is C14H23BrN2O2. The van der Waals surface area contributed by atoms with Gasteiger partial charge in [0.1, 0.15) is 16.0 Å². The minimum atomic E-state index is 0.250. The zero-order valence-electron chi connectivity index (χ0n) is 12.3. The van der Waals surface area contributed by atoms with Gasteiger partial charge in [-0.05, 0) is 62.2 Å². The second-order valence-electron chi connectivity index (χ2n) is 4.64. The molecule has 0 saturated carbocycles. The number of nitrogens with zero attached hydrogens (tertiary/aromatic N) is 1. The fourth-order valence-electron chi connectivity index (χ4n) is 2.04. The Bertz CT molecular complexity index is 411. The van der Waals surface area contributed by atoms with Crippen molar-refractivity contribution in [2.75, 3.05) is 41.9 Å². The van der Waals surface area contributed by atoms with E-state index in [1.54, 1.807) is 14.2 Å². The predicted molar refractivity (Wildman–Crippen MR) is 82.2 cm³/mol. The molecule has 1 atom stereocenters. The second-order valence-corrected chi connectivity index (χ2v) is 5.43. The molecule has 1 unspecified atom stereocenters. The predicted octanol–water partition coefficient (Wildman–Crippen LogP) is 2.68. The molecule has 0 aliphatic heterocycles. The maximum absolute atomic E-state index is 5.53. The molecule has 0 aromatic heterocycles. The third-order valence-electron chi connectivity index (χ3n) is 3.11. The van der Waals surface area contributed by atoms with E-state index in [4.69, 9.17) is 9.47 Å². The maximum atomic E-state index is 5.53. The van der Waals surface area contributed by atoms with E-state index in [1.807, 2.05) is 13.1 Å². The highest BCUT2D eigenvalue weighted by Gasteiger charge is 2.19. The lowest BCUT2D eigenvalue weighted by molar-refractivity contribution is 0.353. The Morgan fingerprint density at radius 2 is 1.95 bits per heavy atom. The first-order valence-electron chi connectivity index (χ1n) is 6.27. The Hall–Kier alpha value is -0.780. The van der Waals surface area contributed by atoms with Crippen LogP contribution in [-0.4, -0.2) is 46.8 Å². The van der Waals surface area contributed by atoms with Gasteiger partial charge in [-0.1, -0.05) is 0 Å². The first-order valence-corrected chi connectivity index (χ1v) is 7.06. The van der Waals surface area contributed by atoms with Gasteiger partial charge in [0.2, 0.25) is 0 Å². The van der Waals surface area contributed by atoms with Crippen LogP contribution in [0.1, 0.15) is 18.0 Å². The van der Waals surface area contributed by atoms with Crippen molar-refractivity contribution in [3.63, 3.8) is 0 Å². The molecule has 0 bridgehead atoms. The lowest BCUT2D eigenvalue weighted by atomic mass is 10.0. The number of hydrogen-bond donors (Lipinski definition) is 1. The molecular weight excluding hydrogens is 308 g/mol. The van der Waals surface area contributed by atoms with Gasteiger partial charge in [0, 0.05) is 11.6 Å². The quantitative estimate of drug-likeness (QED) is 0.833. The summed E-state index contributed by atoms with van der Waals surface area (Å²) in [6.07, 6.45) is 1.01. The van der Waals surface area contributed by atoms with Crippen molar-refractivity contribution < 1.29 is 9.47 Å². The van der Waals surface area contributed by atoms with Crippen LogP contribution in [0.2, 0.25) is 0 Å². The van der Waals surface area contributed by atoms with Crippen molar-refractivity contribution in [1.29, 1.82) is 0 Å². The summed E-state index contributed by atoms with van der Waals surface area (Å²) in [6.45, 7) is 1.01. The van der Waals surface area contributed by atoms with Gasteiger partial charge in [0.25, 0.3) is 0 Å². The number of nitrogens with one attached hydrogen (secondary N) is 1. The van der Waals surface area contributed by atoms with Crippen molar-refractivity contribution in [2.45, 2.75) is 12.5 Å². The van der Waals surface area contributed by atoms with E-state index in [9.17, 15) is 0 Å². The molecule has 0 radical (unpaired) electrons. The van der Waals surface area contributed by atoms with Gasteiger partial charge in [-0.3, -0.25) is 0 Å². The molecule has 0 aliphatic carbocycles. The average Bonchev–Trinajstić information content (AvgIpc) is 2.39. The van der Waals surface area contributed by atoms with Crippen LogP contribution in [-0.2, 0) is 0 Å². The number of methoxy groups -OCH3 is 2. The first kappa shape index (κ1) is 16.3. The largest absolute Gasteiger partial charge is 0.495 e. The van der Waals surface area contributed by atoms with Gasteiger partial charge >= 0.3 is 0 Å². The summed E-state index contributed by atoms with van der Waals surface area (Å²) >= 11 is 3.54. The normalized spacial score (nSPS) is 12.6. The van der Waals surface area contributed by atoms with E-state index >= 15 is 0 Å². The van der Waals surface area contributed by atoms with Gasteiger partial charge in [-0.25, -0.2) is 0 Å². The molecule has 4 nitrogen and oxygen atoms in total. The van der Waals surface area contributed by atoms with E-state index in [2.05, 4.69) is 46.3 Å². The molecule has 5 heteroatoms. The summed E-state index contributed by atoms with van der Waals surface area (Å²) in [5.41, 5.74) is 1.14. The fraction of sp³-hybridized carbons (Fsp3) is 0.571. The lowest BCUT2D eigenvalue weighted by Crippen LogP contribution is -2.23. The van der Waals surface area contributed by atoms with Crippen molar-refractivity contribution in [2.24, 2.45) is 0 Å². The van der Waals surface area contributed by atoms with Crippen LogP contribution in [0.25, 0.3) is 0 Å². The summed E-state index contributed by atoms with van der Waals surface area (Å²) in [5, 5.41) is 3.34. The monoisotopic (exact) mass is 330 g/mol. The minimum absolute atomic E-state index is 0.250. The van der Waals surface area contributed by atoms with E-state index < -0.39 is 0 Å². The molecule has 1 aromatic carbocycles. The van der Waals surface area contributed by atoms with Crippen LogP contribution < -0.4 is 14.8 Å². The third-order valence-corrected chi connectivity index (χ3v) is 3.86. The highest BCUT2D eigenvalue weighted by atomic mass is 79.9.